The van der Waals surface area contributed by atoms with Gasteiger partial charge in [-0.15, -0.1) is 0 Å². The maximum atomic E-state index is 12.6. The first-order valence-electron chi connectivity index (χ1n) is 8.73. The van der Waals surface area contributed by atoms with Crippen LogP contribution in [-0.2, 0) is 0 Å². The molecule has 1 heterocycles. The lowest BCUT2D eigenvalue weighted by molar-refractivity contribution is -0.387. The normalized spacial score (nSPS) is 10.9. The smallest absolute Gasteiger partial charge is 0.284 e. The zero-order chi connectivity index (χ0) is 20.3. The van der Waals surface area contributed by atoms with Crippen molar-refractivity contribution in [1.29, 1.82) is 0 Å². The standard InChI is InChI=1S/C20H20N4O3S/c1-13(2)23-19(10-11-21-23)22-20(25)15-6-9-18(17(12-15)24(26)27)28-16-7-4-14(3)5-8-16/h4-13H,1-3H3,(H,22,25). The molecule has 1 N–H and O–H groups in total. The molecule has 0 saturated carbocycles. The van der Waals surface area contributed by atoms with Crippen LogP contribution in [0.5, 0.6) is 0 Å². The van der Waals surface area contributed by atoms with Gasteiger partial charge in [-0.05, 0) is 45.0 Å². The van der Waals surface area contributed by atoms with Gasteiger partial charge in [0.1, 0.15) is 5.82 Å². The summed E-state index contributed by atoms with van der Waals surface area (Å²) >= 11 is 1.30. The minimum Gasteiger partial charge on any atom is -0.307 e. The van der Waals surface area contributed by atoms with Crippen LogP contribution in [0.3, 0.4) is 0 Å². The Hall–Kier alpha value is -3.13. The first kappa shape index (κ1) is 19.6. The summed E-state index contributed by atoms with van der Waals surface area (Å²) in [7, 11) is 0. The molecule has 0 atom stereocenters. The highest BCUT2D eigenvalue weighted by Crippen LogP contribution is 2.35. The van der Waals surface area contributed by atoms with Crippen LogP contribution < -0.4 is 5.32 Å². The fourth-order valence-corrected chi connectivity index (χ4v) is 3.53. The van der Waals surface area contributed by atoms with Crippen LogP contribution in [0.25, 0.3) is 0 Å². The molecule has 1 aromatic heterocycles. The van der Waals surface area contributed by atoms with Crippen LogP contribution in [0.4, 0.5) is 11.5 Å². The van der Waals surface area contributed by atoms with Gasteiger partial charge in [0.15, 0.2) is 0 Å². The summed E-state index contributed by atoms with van der Waals surface area (Å²) < 4.78 is 1.67. The number of anilines is 1. The fraction of sp³-hybridized carbons (Fsp3) is 0.200. The Morgan fingerprint density at radius 1 is 1.18 bits per heavy atom. The van der Waals surface area contributed by atoms with Crippen LogP contribution in [0.2, 0.25) is 0 Å². The summed E-state index contributed by atoms with van der Waals surface area (Å²) in [6.45, 7) is 5.88. The van der Waals surface area contributed by atoms with Gasteiger partial charge in [-0.2, -0.15) is 5.10 Å². The van der Waals surface area contributed by atoms with Gasteiger partial charge >= 0.3 is 0 Å². The van der Waals surface area contributed by atoms with E-state index >= 15 is 0 Å². The van der Waals surface area contributed by atoms with Crippen molar-refractivity contribution in [3.63, 3.8) is 0 Å². The lowest BCUT2D eigenvalue weighted by Crippen LogP contribution is -2.17. The van der Waals surface area contributed by atoms with E-state index in [2.05, 4.69) is 10.4 Å². The summed E-state index contributed by atoms with van der Waals surface area (Å²) in [6, 6.07) is 14.0. The van der Waals surface area contributed by atoms with E-state index < -0.39 is 10.8 Å². The first-order valence-corrected chi connectivity index (χ1v) is 9.54. The third-order valence-electron chi connectivity index (χ3n) is 4.07. The Morgan fingerprint density at radius 3 is 2.54 bits per heavy atom. The predicted octanol–water partition coefficient (Wildman–Crippen LogP) is 5.08. The lowest BCUT2D eigenvalue weighted by Gasteiger charge is -2.12. The molecule has 144 valence electrons. The van der Waals surface area contributed by atoms with Gasteiger partial charge in [0.2, 0.25) is 0 Å². The molecule has 7 nitrogen and oxygen atoms in total. The van der Waals surface area contributed by atoms with Crippen molar-refractivity contribution in [2.45, 2.75) is 36.6 Å². The Bertz CT molecular complexity index is 1010. The van der Waals surface area contributed by atoms with Crippen molar-refractivity contribution in [3.05, 3.63) is 76.0 Å². The van der Waals surface area contributed by atoms with Crippen molar-refractivity contribution < 1.29 is 9.72 Å². The number of benzene rings is 2. The number of nitrogens with one attached hydrogen (secondary N) is 1. The Labute approximate surface area is 166 Å². The quantitative estimate of drug-likeness (QED) is 0.463. The Kier molecular flexibility index (Phi) is 5.79. The molecule has 0 saturated heterocycles. The number of aryl methyl sites for hydroxylation is 1. The van der Waals surface area contributed by atoms with Crippen molar-refractivity contribution in [2.75, 3.05) is 5.32 Å². The zero-order valence-corrected chi connectivity index (χ0v) is 16.6. The van der Waals surface area contributed by atoms with E-state index in [-0.39, 0.29) is 17.3 Å². The minimum atomic E-state index is -0.467. The van der Waals surface area contributed by atoms with E-state index in [4.69, 9.17) is 0 Å². The summed E-state index contributed by atoms with van der Waals surface area (Å²) in [4.78, 5) is 25.0. The number of aromatic nitrogens is 2. The van der Waals surface area contributed by atoms with Gasteiger partial charge in [-0.3, -0.25) is 14.9 Å². The lowest BCUT2D eigenvalue weighted by atomic mass is 10.2. The van der Waals surface area contributed by atoms with E-state index in [1.165, 1.54) is 17.8 Å². The summed E-state index contributed by atoms with van der Waals surface area (Å²) in [5, 5.41) is 18.5. The molecule has 0 radical (unpaired) electrons. The van der Waals surface area contributed by atoms with Gasteiger partial charge in [-0.1, -0.05) is 29.5 Å². The van der Waals surface area contributed by atoms with Crippen molar-refractivity contribution in [2.24, 2.45) is 0 Å². The number of carbonyl (C=O) groups excluding carboxylic acids is 1. The van der Waals surface area contributed by atoms with Gasteiger partial charge in [-0.25, -0.2) is 4.68 Å². The number of amides is 1. The SMILES string of the molecule is Cc1ccc(Sc2ccc(C(=O)Nc3ccnn3C(C)C)cc2[N+](=O)[O-])cc1. The molecular formula is C20H20N4O3S. The Morgan fingerprint density at radius 2 is 1.89 bits per heavy atom. The van der Waals surface area contributed by atoms with E-state index in [9.17, 15) is 14.9 Å². The number of hydrogen-bond donors (Lipinski definition) is 1. The maximum Gasteiger partial charge on any atom is 0.284 e. The molecule has 0 unspecified atom stereocenters. The summed E-state index contributed by atoms with van der Waals surface area (Å²) in [5.74, 6) is 0.123. The molecule has 0 aliphatic carbocycles. The summed E-state index contributed by atoms with van der Waals surface area (Å²) in [5.41, 5.74) is 1.23. The monoisotopic (exact) mass is 396 g/mol. The number of nitro groups is 1. The first-order chi connectivity index (χ1) is 13.3. The second-order valence-electron chi connectivity index (χ2n) is 6.56. The molecule has 3 rings (SSSR count). The number of nitro benzene ring substituents is 1. The van der Waals surface area contributed by atoms with E-state index in [1.807, 2.05) is 45.0 Å². The molecule has 2 aromatic carbocycles. The van der Waals surface area contributed by atoms with Gasteiger partial charge in [0, 0.05) is 28.6 Å². The van der Waals surface area contributed by atoms with Crippen molar-refractivity contribution >= 4 is 29.2 Å². The minimum absolute atomic E-state index is 0.0768. The third kappa shape index (κ3) is 4.40. The molecule has 28 heavy (non-hydrogen) atoms. The molecule has 3 aromatic rings. The topological polar surface area (TPSA) is 90.1 Å². The molecule has 0 aliphatic rings. The highest BCUT2D eigenvalue weighted by Gasteiger charge is 2.19. The average Bonchev–Trinajstić information content (AvgIpc) is 3.12. The molecule has 0 bridgehead atoms. The highest BCUT2D eigenvalue weighted by molar-refractivity contribution is 7.99. The van der Waals surface area contributed by atoms with Crippen LogP contribution in [0, 0.1) is 17.0 Å². The molecular weight excluding hydrogens is 376 g/mol. The number of carbonyl (C=O) groups is 1. The second kappa shape index (κ2) is 8.26. The molecule has 1 amide bonds. The number of hydrogen-bond acceptors (Lipinski definition) is 5. The molecule has 0 spiro atoms. The molecule has 0 fully saturated rings. The highest BCUT2D eigenvalue weighted by atomic mass is 32.2. The number of rotatable bonds is 6. The zero-order valence-electron chi connectivity index (χ0n) is 15.7. The Balaban J connectivity index is 1.85. The molecule has 8 heteroatoms. The van der Waals surface area contributed by atoms with E-state index in [1.54, 1.807) is 29.1 Å². The predicted molar refractivity (Wildman–Crippen MR) is 109 cm³/mol. The van der Waals surface area contributed by atoms with Crippen LogP contribution in [0.1, 0.15) is 35.8 Å². The number of nitrogens with zero attached hydrogens (tertiary/aromatic N) is 3. The van der Waals surface area contributed by atoms with Gasteiger partial charge in [0.05, 0.1) is 16.0 Å². The van der Waals surface area contributed by atoms with E-state index in [0.717, 1.165) is 10.5 Å². The molecule has 0 aliphatic heterocycles. The third-order valence-corrected chi connectivity index (χ3v) is 5.14. The summed E-state index contributed by atoms with van der Waals surface area (Å²) in [6.07, 6.45) is 1.60. The van der Waals surface area contributed by atoms with Gasteiger partial charge in [0.25, 0.3) is 11.6 Å². The largest absolute Gasteiger partial charge is 0.307 e. The fourth-order valence-electron chi connectivity index (χ4n) is 2.63. The van der Waals surface area contributed by atoms with Crippen LogP contribution in [0.15, 0.2) is 64.5 Å². The van der Waals surface area contributed by atoms with Crippen LogP contribution in [-0.4, -0.2) is 20.6 Å². The van der Waals surface area contributed by atoms with E-state index in [0.29, 0.717) is 10.7 Å². The average molecular weight is 396 g/mol. The van der Waals surface area contributed by atoms with Crippen molar-refractivity contribution in [1.82, 2.24) is 9.78 Å². The van der Waals surface area contributed by atoms with Gasteiger partial charge < -0.3 is 5.32 Å². The van der Waals surface area contributed by atoms with Crippen molar-refractivity contribution in [3.8, 4) is 0 Å². The van der Waals surface area contributed by atoms with Crippen LogP contribution >= 0.6 is 11.8 Å². The maximum absolute atomic E-state index is 12.6. The second-order valence-corrected chi connectivity index (χ2v) is 7.68.